The fraction of sp³-hybridized carbons (Fsp3) is 0.278. The molecular formula is C18H19IN2O2. The smallest absolute Gasteiger partial charge is 0.253 e. The summed E-state index contributed by atoms with van der Waals surface area (Å²) in [6.45, 7) is 3.19. The van der Waals surface area contributed by atoms with Crippen molar-refractivity contribution in [1.82, 2.24) is 4.90 Å². The van der Waals surface area contributed by atoms with E-state index in [1.807, 2.05) is 41.3 Å². The molecule has 0 unspecified atom stereocenters. The van der Waals surface area contributed by atoms with Gasteiger partial charge < -0.3 is 14.5 Å². The number of anilines is 1. The lowest BCUT2D eigenvalue weighted by atomic mass is 10.1. The Morgan fingerprint density at radius 1 is 0.957 bits per heavy atom. The van der Waals surface area contributed by atoms with Gasteiger partial charge in [0, 0.05) is 41.0 Å². The first-order valence-corrected chi connectivity index (χ1v) is 8.69. The highest BCUT2D eigenvalue weighted by molar-refractivity contribution is 14.1. The molecule has 0 aromatic heterocycles. The summed E-state index contributed by atoms with van der Waals surface area (Å²) in [5.74, 6) is 0.983. The highest BCUT2D eigenvalue weighted by Crippen LogP contribution is 2.21. The van der Waals surface area contributed by atoms with E-state index >= 15 is 0 Å². The molecule has 1 heterocycles. The van der Waals surface area contributed by atoms with Crippen molar-refractivity contribution in [2.75, 3.05) is 38.2 Å². The van der Waals surface area contributed by atoms with Crippen molar-refractivity contribution in [1.29, 1.82) is 0 Å². The Hall–Kier alpha value is -1.76. The number of carbonyl (C=O) groups is 1. The van der Waals surface area contributed by atoms with Crippen LogP contribution in [0.5, 0.6) is 5.75 Å². The maximum Gasteiger partial charge on any atom is 0.253 e. The van der Waals surface area contributed by atoms with E-state index in [0.29, 0.717) is 0 Å². The van der Waals surface area contributed by atoms with Crippen LogP contribution in [0.1, 0.15) is 10.4 Å². The fourth-order valence-corrected chi connectivity index (χ4v) is 3.10. The number of rotatable bonds is 3. The van der Waals surface area contributed by atoms with E-state index in [1.54, 1.807) is 7.11 Å². The molecule has 2 aromatic rings. The van der Waals surface area contributed by atoms with Gasteiger partial charge in [0.1, 0.15) is 5.75 Å². The zero-order valence-corrected chi connectivity index (χ0v) is 15.2. The Morgan fingerprint density at radius 2 is 1.57 bits per heavy atom. The predicted molar refractivity (Wildman–Crippen MR) is 100 cm³/mol. The van der Waals surface area contributed by atoms with E-state index in [0.717, 1.165) is 41.1 Å². The number of methoxy groups -OCH3 is 1. The van der Waals surface area contributed by atoms with Crippen molar-refractivity contribution in [2.45, 2.75) is 0 Å². The molecule has 0 bridgehead atoms. The van der Waals surface area contributed by atoms with Crippen LogP contribution in [0.25, 0.3) is 0 Å². The molecule has 0 spiro atoms. The van der Waals surface area contributed by atoms with Crippen LogP contribution in [0.15, 0.2) is 48.5 Å². The minimum absolute atomic E-state index is 0.121. The maximum atomic E-state index is 12.5. The third-order valence-electron chi connectivity index (χ3n) is 4.10. The van der Waals surface area contributed by atoms with Gasteiger partial charge in [-0.3, -0.25) is 4.79 Å². The van der Waals surface area contributed by atoms with Crippen LogP contribution >= 0.6 is 22.6 Å². The molecule has 1 fully saturated rings. The summed E-state index contributed by atoms with van der Waals surface area (Å²) in [6.07, 6.45) is 0. The van der Waals surface area contributed by atoms with Crippen LogP contribution < -0.4 is 9.64 Å². The molecule has 23 heavy (non-hydrogen) atoms. The van der Waals surface area contributed by atoms with Crippen molar-refractivity contribution in [2.24, 2.45) is 0 Å². The Bertz CT molecular complexity index is 662. The molecule has 0 aliphatic carbocycles. The molecule has 1 saturated heterocycles. The second kappa shape index (κ2) is 7.21. The van der Waals surface area contributed by atoms with Gasteiger partial charge in [-0.2, -0.15) is 0 Å². The average Bonchev–Trinajstić information content (AvgIpc) is 2.62. The summed E-state index contributed by atoms with van der Waals surface area (Å²) in [7, 11) is 1.67. The zero-order chi connectivity index (χ0) is 16.2. The number of benzene rings is 2. The Labute approximate surface area is 150 Å². The van der Waals surface area contributed by atoms with Gasteiger partial charge >= 0.3 is 0 Å². The summed E-state index contributed by atoms with van der Waals surface area (Å²) < 4.78 is 6.33. The molecule has 5 heteroatoms. The van der Waals surface area contributed by atoms with Crippen LogP contribution in [0.2, 0.25) is 0 Å². The SMILES string of the molecule is COc1ccc(N2CCN(C(=O)c3ccc(I)cc3)CC2)cc1. The van der Waals surface area contributed by atoms with Gasteiger partial charge in [0.05, 0.1) is 7.11 Å². The van der Waals surface area contributed by atoms with Crippen LogP contribution in [0, 0.1) is 3.57 Å². The van der Waals surface area contributed by atoms with E-state index in [4.69, 9.17) is 4.74 Å². The number of carbonyl (C=O) groups excluding carboxylic acids is 1. The van der Waals surface area contributed by atoms with Crippen LogP contribution in [0.4, 0.5) is 5.69 Å². The second-order valence-corrected chi connectivity index (χ2v) is 6.73. The minimum atomic E-state index is 0.121. The Balaban J connectivity index is 1.61. The number of halogens is 1. The normalized spacial score (nSPS) is 14.7. The lowest BCUT2D eigenvalue weighted by Gasteiger charge is -2.36. The number of amides is 1. The molecule has 1 amide bonds. The first-order valence-electron chi connectivity index (χ1n) is 7.61. The van der Waals surface area contributed by atoms with E-state index in [9.17, 15) is 4.79 Å². The van der Waals surface area contributed by atoms with Gasteiger partial charge in [-0.05, 0) is 71.1 Å². The van der Waals surface area contributed by atoms with Crippen molar-refractivity contribution >= 4 is 34.2 Å². The molecular weight excluding hydrogens is 403 g/mol. The highest BCUT2D eigenvalue weighted by atomic mass is 127. The lowest BCUT2D eigenvalue weighted by molar-refractivity contribution is 0.0747. The highest BCUT2D eigenvalue weighted by Gasteiger charge is 2.22. The van der Waals surface area contributed by atoms with Gasteiger partial charge in [-0.25, -0.2) is 0 Å². The third kappa shape index (κ3) is 3.77. The first kappa shape index (κ1) is 16.1. The number of ether oxygens (including phenoxy) is 1. The molecule has 0 N–H and O–H groups in total. The lowest BCUT2D eigenvalue weighted by Crippen LogP contribution is -2.48. The van der Waals surface area contributed by atoms with E-state index < -0.39 is 0 Å². The van der Waals surface area contributed by atoms with Gasteiger partial charge in [-0.15, -0.1) is 0 Å². The third-order valence-corrected chi connectivity index (χ3v) is 4.81. The van der Waals surface area contributed by atoms with E-state index in [-0.39, 0.29) is 5.91 Å². The Morgan fingerprint density at radius 3 is 2.13 bits per heavy atom. The quantitative estimate of drug-likeness (QED) is 0.713. The van der Waals surface area contributed by atoms with Crippen LogP contribution in [0.3, 0.4) is 0 Å². The van der Waals surface area contributed by atoms with Crippen molar-refractivity contribution < 1.29 is 9.53 Å². The summed E-state index contributed by atoms with van der Waals surface area (Å²) in [5, 5.41) is 0. The monoisotopic (exact) mass is 422 g/mol. The standard InChI is InChI=1S/C18H19IN2O2/c1-23-17-8-6-16(7-9-17)20-10-12-21(13-11-20)18(22)14-2-4-15(19)5-3-14/h2-9H,10-13H2,1H3. The molecule has 120 valence electrons. The van der Waals surface area contributed by atoms with Crippen molar-refractivity contribution in [3.05, 3.63) is 57.7 Å². The van der Waals surface area contributed by atoms with Crippen LogP contribution in [-0.2, 0) is 0 Å². The average molecular weight is 422 g/mol. The van der Waals surface area contributed by atoms with Gasteiger partial charge in [-0.1, -0.05) is 0 Å². The largest absolute Gasteiger partial charge is 0.497 e. The van der Waals surface area contributed by atoms with Crippen molar-refractivity contribution in [3.63, 3.8) is 0 Å². The van der Waals surface area contributed by atoms with Gasteiger partial charge in [0.15, 0.2) is 0 Å². The van der Waals surface area contributed by atoms with E-state index in [2.05, 4.69) is 39.6 Å². The van der Waals surface area contributed by atoms with E-state index in [1.165, 1.54) is 5.69 Å². The first-order chi connectivity index (χ1) is 11.2. The minimum Gasteiger partial charge on any atom is -0.497 e. The van der Waals surface area contributed by atoms with Gasteiger partial charge in [0.2, 0.25) is 0 Å². The maximum absolute atomic E-state index is 12.5. The fourth-order valence-electron chi connectivity index (χ4n) is 2.74. The predicted octanol–water partition coefficient (Wildman–Crippen LogP) is 3.26. The topological polar surface area (TPSA) is 32.8 Å². The molecule has 0 atom stereocenters. The molecule has 0 saturated carbocycles. The van der Waals surface area contributed by atoms with Gasteiger partial charge in [0.25, 0.3) is 5.91 Å². The number of piperazine rings is 1. The molecule has 1 aliphatic heterocycles. The molecule has 3 rings (SSSR count). The number of hydrogen-bond acceptors (Lipinski definition) is 3. The summed E-state index contributed by atoms with van der Waals surface area (Å²) in [4.78, 5) is 16.8. The molecule has 2 aromatic carbocycles. The molecule has 4 nitrogen and oxygen atoms in total. The number of hydrogen-bond donors (Lipinski definition) is 0. The van der Waals surface area contributed by atoms with Crippen molar-refractivity contribution in [3.8, 4) is 5.75 Å². The van der Waals surface area contributed by atoms with Crippen LogP contribution in [-0.4, -0.2) is 44.1 Å². The molecule has 0 radical (unpaired) electrons. The summed E-state index contributed by atoms with van der Waals surface area (Å²) in [5.41, 5.74) is 1.94. The Kier molecular flexibility index (Phi) is 5.05. The zero-order valence-electron chi connectivity index (χ0n) is 13.0. The number of nitrogens with zero attached hydrogens (tertiary/aromatic N) is 2. The summed E-state index contributed by atoms with van der Waals surface area (Å²) in [6, 6.07) is 15.8. The summed E-state index contributed by atoms with van der Waals surface area (Å²) >= 11 is 2.25. The second-order valence-electron chi connectivity index (χ2n) is 5.48. The molecule has 1 aliphatic rings.